The number of thioether (sulfide) groups is 1. The minimum Gasteiger partial charge on any atom is -0.496 e. The van der Waals surface area contributed by atoms with Crippen molar-refractivity contribution in [3.8, 4) is 5.75 Å². The second kappa shape index (κ2) is 12.8. The van der Waals surface area contributed by atoms with Crippen LogP contribution < -0.4 is 15.4 Å². The number of ether oxygens (including phenoxy) is 3. The molecule has 0 aliphatic carbocycles. The summed E-state index contributed by atoms with van der Waals surface area (Å²) >= 11 is 1.70. The van der Waals surface area contributed by atoms with E-state index in [1.807, 2.05) is 79.7 Å². The van der Waals surface area contributed by atoms with Crippen LogP contribution in [0.2, 0.25) is 0 Å². The van der Waals surface area contributed by atoms with Crippen molar-refractivity contribution >= 4 is 23.5 Å². The average Bonchev–Trinajstić information content (AvgIpc) is 2.92. The normalized spacial score (nSPS) is 19.5. The Morgan fingerprint density at radius 1 is 1.03 bits per heavy atom. The SMILES string of the molecule is CCNC(=O)Nc1ccc(C2OC(CSc3ccccc3OC)CC(c3ccc(CO)cc3)O2)cc1. The summed E-state index contributed by atoms with van der Waals surface area (Å²) in [4.78, 5) is 12.9. The number of nitrogens with one attached hydrogen (secondary N) is 2. The highest BCUT2D eigenvalue weighted by atomic mass is 32.2. The summed E-state index contributed by atoms with van der Waals surface area (Å²) in [6.45, 7) is 2.44. The second-order valence-corrected chi connectivity index (χ2v) is 9.48. The minimum atomic E-state index is -0.553. The van der Waals surface area contributed by atoms with Crippen LogP contribution in [0.25, 0.3) is 0 Å². The highest BCUT2D eigenvalue weighted by Gasteiger charge is 2.32. The maximum Gasteiger partial charge on any atom is 0.319 e. The van der Waals surface area contributed by atoms with Gasteiger partial charge in [-0.15, -0.1) is 11.8 Å². The number of para-hydroxylation sites is 1. The third-order valence-electron chi connectivity index (χ3n) is 5.89. The Kier molecular flexibility index (Phi) is 9.24. The fourth-order valence-electron chi connectivity index (χ4n) is 4.00. The fraction of sp³-hybridized carbons (Fsp3) is 0.321. The van der Waals surface area contributed by atoms with Crippen molar-refractivity contribution in [3.05, 3.63) is 89.5 Å². The summed E-state index contributed by atoms with van der Waals surface area (Å²) < 4.78 is 18.3. The van der Waals surface area contributed by atoms with Gasteiger partial charge in [0.05, 0.1) is 25.9 Å². The number of urea groups is 1. The molecule has 1 saturated heterocycles. The highest BCUT2D eigenvalue weighted by molar-refractivity contribution is 7.99. The lowest BCUT2D eigenvalue weighted by Crippen LogP contribution is -2.31. The zero-order valence-corrected chi connectivity index (χ0v) is 21.3. The summed E-state index contributed by atoms with van der Waals surface area (Å²) in [6.07, 6.45) is -0.0706. The molecule has 0 saturated carbocycles. The quantitative estimate of drug-likeness (QED) is 0.323. The van der Waals surface area contributed by atoms with E-state index < -0.39 is 6.29 Å². The molecular weight excluding hydrogens is 476 g/mol. The fourth-order valence-corrected chi connectivity index (χ4v) is 5.05. The molecule has 7 nitrogen and oxygen atoms in total. The molecule has 0 bridgehead atoms. The molecule has 0 spiro atoms. The predicted molar refractivity (Wildman–Crippen MR) is 141 cm³/mol. The third kappa shape index (κ3) is 6.79. The molecule has 1 aliphatic heterocycles. The van der Waals surface area contributed by atoms with Crippen LogP contribution in [0.15, 0.2) is 77.7 Å². The van der Waals surface area contributed by atoms with Gasteiger partial charge in [-0.05, 0) is 42.3 Å². The van der Waals surface area contributed by atoms with Crippen LogP contribution in [0.5, 0.6) is 5.75 Å². The number of rotatable bonds is 9. The van der Waals surface area contributed by atoms with E-state index in [4.69, 9.17) is 14.2 Å². The molecule has 3 unspecified atom stereocenters. The minimum absolute atomic E-state index is 0.00633. The molecule has 4 rings (SSSR count). The number of amides is 2. The zero-order chi connectivity index (χ0) is 25.3. The lowest BCUT2D eigenvalue weighted by molar-refractivity contribution is -0.245. The van der Waals surface area contributed by atoms with Crippen molar-refractivity contribution in [1.82, 2.24) is 5.32 Å². The van der Waals surface area contributed by atoms with Gasteiger partial charge in [0.1, 0.15) is 5.75 Å². The van der Waals surface area contributed by atoms with Crippen molar-refractivity contribution in [3.63, 3.8) is 0 Å². The standard InChI is InChI=1S/C28H32N2O5S/c1-3-29-28(32)30-22-14-12-21(13-15-22)27-34-23(18-36-26-7-5-4-6-24(26)33-2)16-25(35-27)20-10-8-19(17-31)9-11-20/h4-15,23,25,27,31H,3,16-18H2,1-2H3,(H2,29,30,32). The predicted octanol–water partition coefficient (Wildman–Crippen LogP) is 5.67. The molecule has 0 aromatic heterocycles. The number of methoxy groups -OCH3 is 1. The topological polar surface area (TPSA) is 89.1 Å². The van der Waals surface area contributed by atoms with E-state index in [9.17, 15) is 9.90 Å². The van der Waals surface area contributed by atoms with E-state index in [1.165, 1.54) is 0 Å². The number of carbonyl (C=O) groups is 1. The maximum absolute atomic E-state index is 11.8. The monoisotopic (exact) mass is 508 g/mol. The van der Waals surface area contributed by atoms with Crippen molar-refractivity contribution in [2.45, 2.75) is 43.3 Å². The van der Waals surface area contributed by atoms with E-state index in [0.717, 1.165) is 33.1 Å². The number of anilines is 1. The van der Waals surface area contributed by atoms with Crippen LogP contribution in [0, 0.1) is 0 Å². The van der Waals surface area contributed by atoms with Crippen LogP contribution >= 0.6 is 11.8 Å². The number of hydrogen-bond acceptors (Lipinski definition) is 6. The first-order valence-electron chi connectivity index (χ1n) is 12.0. The van der Waals surface area contributed by atoms with Gasteiger partial charge < -0.3 is 30.0 Å². The summed E-state index contributed by atoms with van der Waals surface area (Å²) in [5.74, 6) is 1.58. The molecule has 36 heavy (non-hydrogen) atoms. The third-order valence-corrected chi connectivity index (χ3v) is 7.07. The van der Waals surface area contributed by atoms with E-state index >= 15 is 0 Å². The van der Waals surface area contributed by atoms with E-state index in [2.05, 4.69) is 10.6 Å². The van der Waals surface area contributed by atoms with Gasteiger partial charge >= 0.3 is 6.03 Å². The van der Waals surface area contributed by atoms with Gasteiger partial charge in [0.25, 0.3) is 0 Å². The Bertz CT molecular complexity index is 1120. The molecule has 3 aromatic rings. The van der Waals surface area contributed by atoms with Crippen LogP contribution in [-0.4, -0.2) is 36.6 Å². The Balaban J connectivity index is 1.51. The van der Waals surface area contributed by atoms with E-state index in [1.54, 1.807) is 18.9 Å². The number of carbonyl (C=O) groups excluding carboxylic acids is 1. The largest absolute Gasteiger partial charge is 0.496 e. The molecule has 190 valence electrons. The first-order valence-corrected chi connectivity index (χ1v) is 13.0. The van der Waals surface area contributed by atoms with Crippen molar-refractivity contribution in [1.29, 1.82) is 0 Å². The Morgan fingerprint density at radius 2 is 1.75 bits per heavy atom. The van der Waals surface area contributed by atoms with Crippen molar-refractivity contribution in [2.24, 2.45) is 0 Å². The second-order valence-electron chi connectivity index (χ2n) is 8.42. The molecule has 3 N–H and O–H groups in total. The van der Waals surface area contributed by atoms with Crippen LogP contribution in [0.1, 0.15) is 42.4 Å². The molecule has 1 aliphatic rings. The molecular formula is C28H32N2O5S. The van der Waals surface area contributed by atoms with Gasteiger partial charge in [0.15, 0.2) is 6.29 Å². The Hall–Kier alpha value is -3.04. The molecule has 3 aromatic carbocycles. The molecule has 8 heteroatoms. The number of aliphatic hydroxyl groups is 1. The van der Waals surface area contributed by atoms with Crippen LogP contribution in [-0.2, 0) is 16.1 Å². The van der Waals surface area contributed by atoms with Crippen molar-refractivity contribution in [2.75, 3.05) is 24.7 Å². The summed E-state index contributed by atoms with van der Waals surface area (Å²) in [7, 11) is 1.68. The van der Waals surface area contributed by atoms with Gasteiger partial charge in [-0.2, -0.15) is 0 Å². The first-order chi connectivity index (χ1) is 17.6. The first kappa shape index (κ1) is 26.0. The summed E-state index contributed by atoms with van der Waals surface area (Å²) in [5.41, 5.74) is 3.48. The van der Waals surface area contributed by atoms with Gasteiger partial charge in [-0.25, -0.2) is 4.79 Å². The molecule has 1 heterocycles. The average molecular weight is 509 g/mol. The Morgan fingerprint density at radius 3 is 2.44 bits per heavy atom. The summed E-state index contributed by atoms with van der Waals surface area (Å²) in [5, 5.41) is 14.9. The van der Waals surface area contributed by atoms with Gasteiger partial charge in [-0.1, -0.05) is 48.5 Å². The van der Waals surface area contributed by atoms with Gasteiger partial charge in [0, 0.05) is 34.9 Å². The molecule has 2 amide bonds. The van der Waals surface area contributed by atoms with Gasteiger partial charge in [0.2, 0.25) is 0 Å². The summed E-state index contributed by atoms with van der Waals surface area (Å²) in [6, 6.07) is 23.1. The van der Waals surface area contributed by atoms with Crippen LogP contribution in [0.3, 0.4) is 0 Å². The number of aliphatic hydroxyl groups excluding tert-OH is 1. The zero-order valence-electron chi connectivity index (χ0n) is 20.5. The number of benzene rings is 3. The smallest absolute Gasteiger partial charge is 0.319 e. The molecule has 0 radical (unpaired) electrons. The Labute approximate surface area is 216 Å². The van der Waals surface area contributed by atoms with Crippen molar-refractivity contribution < 1.29 is 24.1 Å². The highest BCUT2D eigenvalue weighted by Crippen LogP contribution is 2.40. The molecule has 3 atom stereocenters. The lowest BCUT2D eigenvalue weighted by atomic mass is 10.0. The van der Waals surface area contributed by atoms with Gasteiger partial charge in [-0.3, -0.25) is 0 Å². The maximum atomic E-state index is 11.8. The van der Waals surface area contributed by atoms with E-state index in [0.29, 0.717) is 18.7 Å². The van der Waals surface area contributed by atoms with E-state index in [-0.39, 0.29) is 24.8 Å². The molecule has 1 fully saturated rings. The number of hydrogen-bond donors (Lipinski definition) is 3. The lowest BCUT2D eigenvalue weighted by Gasteiger charge is -2.36. The van der Waals surface area contributed by atoms with Crippen LogP contribution in [0.4, 0.5) is 10.5 Å².